The summed E-state index contributed by atoms with van der Waals surface area (Å²) in [5, 5.41) is 5.69. The third-order valence-electron chi connectivity index (χ3n) is 3.57. The first-order valence-electron chi connectivity index (χ1n) is 7.39. The summed E-state index contributed by atoms with van der Waals surface area (Å²) in [7, 11) is 0. The number of amides is 1. The number of aryl methyl sites for hydroxylation is 3. The molecular formula is C18H18N2O2S. The van der Waals surface area contributed by atoms with Gasteiger partial charge >= 0.3 is 0 Å². The fourth-order valence-corrected chi connectivity index (χ4v) is 3.41. The molecule has 3 rings (SSSR count). The average molecular weight is 326 g/mol. The van der Waals surface area contributed by atoms with Crippen molar-refractivity contribution in [2.75, 3.05) is 5.32 Å². The number of nitrogens with zero attached hydrogens (tertiary/aromatic N) is 1. The average Bonchev–Trinajstić information content (AvgIpc) is 3.13. The second-order valence-corrected chi connectivity index (χ2v) is 6.48. The van der Waals surface area contributed by atoms with Crippen LogP contribution in [0.1, 0.15) is 22.4 Å². The van der Waals surface area contributed by atoms with Crippen LogP contribution in [-0.2, 0) is 11.2 Å². The van der Waals surface area contributed by atoms with Crippen LogP contribution in [0.3, 0.4) is 0 Å². The van der Waals surface area contributed by atoms with E-state index < -0.39 is 0 Å². The van der Waals surface area contributed by atoms with Crippen molar-refractivity contribution < 1.29 is 9.21 Å². The molecular weight excluding hydrogens is 308 g/mol. The zero-order chi connectivity index (χ0) is 16.4. The highest BCUT2D eigenvalue weighted by Crippen LogP contribution is 2.25. The summed E-state index contributed by atoms with van der Waals surface area (Å²) in [6.07, 6.45) is 1.87. The number of nitrogens with one attached hydrogen (secondary N) is 1. The van der Waals surface area contributed by atoms with Crippen LogP contribution in [0.15, 0.2) is 40.3 Å². The molecule has 2 heterocycles. The van der Waals surface area contributed by atoms with Crippen LogP contribution >= 0.6 is 11.3 Å². The first-order chi connectivity index (χ1) is 11.0. The molecule has 0 bridgehead atoms. The molecule has 0 saturated carbocycles. The van der Waals surface area contributed by atoms with E-state index in [2.05, 4.69) is 29.4 Å². The molecule has 4 nitrogen and oxygen atoms in total. The lowest BCUT2D eigenvalue weighted by Gasteiger charge is -2.12. The Balaban J connectivity index is 1.71. The number of carbonyl (C=O) groups excluding carboxylic acids is 1. The van der Waals surface area contributed by atoms with Crippen LogP contribution in [0.2, 0.25) is 0 Å². The lowest BCUT2D eigenvalue weighted by Crippen LogP contribution is -2.16. The van der Waals surface area contributed by atoms with Gasteiger partial charge < -0.3 is 9.73 Å². The summed E-state index contributed by atoms with van der Waals surface area (Å²) >= 11 is 1.48. The van der Waals surface area contributed by atoms with Gasteiger partial charge in [-0.2, -0.15) is 0 Å². The van der Waals surface area contributed by atoms with Gasteiger partial charge in [0.25, 0.3) is 0 Å². The monoisotopic (exact) mass is 326 g/mol. The summed E-state index contributed by atoms with van der Waals surface area (Å²) in [6.45, 7) is 6.07. The molecule has 118 valence electrons. The van der Waals surface area contributed by atoms with E-state index in [0.717, 1.165) is 33.3 Å². The Morgan fingerprint density at radius 2 is 2.00 bits per heavy atom. The summed E-state index contributed by atoms with van der Waals surface area (Å²) in [5.41, 5.74) is 4.99. The molecule has 0 radical (unpaired) electrons. The number of hydrogen-bond donors (Lipinski definition) is 1. The lowest BCUT2D eigenvalue weighted by molar-refractivity contribution is -0.115. The zero-order valence-electron chi connectivity index (χ0n) is 13.3. The van der Waals surface area contributed by atoms with E-state index in [1.165, 1.54) is 16.9 Å². The van der Waals surface area contributed by atoms with Crippen molar-refractivity contribution in [1.82, 2.24) is 4.98 Å². The van der Waals surface area contributed by atoms with E-state index in [1.807, 2.05) is 31.4 Å². The molecule has 1 amide bonds. The Labute approximate surface area is 139 Å². The van der Waals surface area contributed by atoms with Gasteiger partial charge in [0.2, 0.25) is 5.91 Å². The molecule has 5 heteroatoms. The predicted octanol–water partition coefficient (Wildman–Crippen LogP) is 4.51. The maximum atomic E-state index is 12.3. The van der Waals surface area contributed by atoms with Crippen LogP contribution in [0.25, 0.3) is 10.8 Å². The van der Waals surface area contributed by atoms with Gasteiger partial charge in [-0.15, -0.1) is 11.3 Å². The molecule has 0 atom stereocenters. The summed E-state index contributed by atoms with van der Waals surface area (Å²) in [4.78, 5) is 16.8. The van der Waals surface area contributed by atoms with Gasteiger partial charge in [0.1, 0.15) is 0 Å². The molecule has 0 unspecified atom stereocenters. The van der Waals surface area contributed by atoms with E-state index in [9.17, 15) is 4.79 Å². The van der Waals surface area contributed by atoms with Gasteiger partial charge in [-0.1, -0.05) is 17.7 Å². The van der Waals surface area contributed by atoms with Gasteiger partial charge in [-0.05, 0) is 44.0 Å². The van der Waals surface area contributed by atoms with E-state index in [1.54, 1.807) is 6.26 Å². The number of carbonyl (C=O) groups is 1. The Bertz CT molecular complexity index is 812. The quantitative estimate of drug-likeness (QED) is 0.767. The Hall–Kier alpha value is -2.40. The molecule has 0 aliphatic carbocycles. The van der Waals surface area contributed by atoms with E-state index in [4.69, 9.17) is 4.42 Å². The minimum atomic E-state index is -0.0589. The Morgan fingerprint density at radius 3 is 2.65 bits per heavy atom. The van der Waals surface area contributed by atoms with Crippen LogP contribution in [0, 0.1) is 20.8 Å². The highest BCUT2D eigenvalue weighted by atomic mass is 32.1. The molecule has 1 N–H and O–H groups in total. The third kappa shape index (κ3) is 3.51. The van der Waals surface area contributed by atoms with Crippen molar-refractivity contribution in [3.05, 3.63) is 58.3 Å². The maximum absolute atomic E-state index is 12.3. The molecule has 2 aromatic heterocycles. The first kappa shape index (κ1) is 15.5. The number of hydrogen-bond acceptors (Lipinski definition) is 4. The van der Waals surface area contributed by atoms with Crippen molar-refractivity contribution in [3.63, 3.8) is 0 Å². The predicted molar refractivity (Wildman–Crippen MR) is 92.8 cm³/mol. The molecule has 1 aromatic carbocycles. The van der Waals surface area contributed by atoms with Crippen molar-refractivity contribution in [2.45, 2.75) is 27.2 Å². The first-order valence-corrected chi connectivity index (χ1v) is 8.27. The van der Waals surface area contributed by atoms with E-state index in [-0.39, 0.29) is 12.3 Å². The minimum absolute atomic E-state index is 0.0589. The number of thiazole rings is 1. The standard InChI is InChI=1S/C18H18N2O2S/c1-11-7-12(2)17(13(3)8-11)20-16(21)9-14-10-23-18(19-14)15-5-4-6-22-15/h4-8,10H,9H2,1-3H3,(H,20,21). The largest absolute Gasteiger partial charge is 0.462 e. The highest BCUT2D eigenvalue weighted by Gasteiger charge is 2.12. The molecule has 0 aliphatic rings. The van der Waals surface area contributed by atoms with Crippen LogP contribution < -0.4 is 5.32 Å². The fraction of sp³-hybridized carbons (Fsp3) is 0.222. The van der Waals surface area contributed by atoms with Crippen LogP contribution in [0.5, 0.6) is 0 Å². The minimum Gasteiger partial charge on any atom is -0.462 e. The second kappa shape index (κ2) is 6.38. The molecule has 0 spiro atoms. The molecule has 0 aliphatic heterocycles. The van der Waals surface area contributed by atoms with Crippen molar-refractivity contribution in [2.24, 2.45) is 0 Å². The van der Waals surface area contributed by atoms with Crippen molar-refractivity contribution >= 4 is 22.9 Å². The molecule has 3 aromatic rings. The number of furan rings is 1. The number of anilines is 1. The summed E-state index contributed by atoms with van der Waals surface area (Å²) in [6, 6.07) is 7.83. The Kier molecular flexibility index (Phi) is 4.30. The SMILES string of the molecule is Cc1cc(C)c(NC(=O)Cc2csc(-c3ccco3)n2)c(C)c1. The van der Waals surface area contributed by atoms with Crippen LogP contribution in [-0.4, -0.2) is 10.9 Å². The van der Waals surface area contributed by atoms with Crippen molar-refractivity contribution in [3.8, 4) is 10.8 Å². The van der Waals surface area contributed by atoms with Crippen LogP contribution in [0.4, 0.5) is 5.69 Å². The second-order valence-electron chi connectivity index (χ2n) is 5.62. The van der Waals surface area contributed by atoms with Gasteiger partial charge in [0, 0.05) is 11.1 Å². The smallest absolute Gasteiger partial charge is 0.230 e. The van der Waals surface area contributed by atoms with Gasteiger partial charge in [-0.25, -0.2) is 4.98 Å². The molecule has 0 fully saturated rings. The van der Waals surface area contributed by atoms with Gasteiger partial charge in [0.05, 0.1) is 18.4 Å². The summed E-state index contributed by atoms with van der Waals surface area (Å²) < 4.78 is 5.32. The fourth-order valence-electron chi connectivity index (χ4n) is 2.63. The zero-order valence-corrected chi connectivity index (χ0v) is 14.2. The topological polar surface area (TPSA) is 55.1 Å². The van der Waals surface area contributed by atoms with Gasteiger partial charge in [0.15, 0.2) is 10.8 Å². The Morgan fingerprint density at radius 1 is 1.26 bits per heavy atom. The number of aromatic nitrogens is 1. The number of rotatable bonds is 4. The lowest BCUT2D eigenvalue weighted by atomic mass is 10.0. The highest BCUT2D eigenvalue weighted by molar-refractivity contribution is 7.13. The molecule has 23 heavy (non-hydrogen) atoms. The maximum Gasteiger partial charge on any atom is 0.230 e. The van der Waals surface area contributed by atoms with E-state index in [0.29, 0.717) is 0 Å². The normalized spacial score (nSPS) is 10.7. The number of benzene rings is 1. The van der Waals surface area contributed by atoms with E-state index >= 15 is 0 Å². The van der Waals surface area contributed by atoms with Crippen molar-refractivity contribution in [1.29, 1.82) is 0 Å². The summed E-state index contributed by atoms with van der Waals surface area (Å²) in [5.74, 6) is 0.670. The van der Waals surface area contributed by atoms with Gasteiger partial charge in [-0.3, -0.25) is 4.79 Å². The third-order valence-corrected chi connectivity index (χ3v) is 4.47. The molecule has 0 saturated heterocycles.